The van der Waals surface area contributed by atoms with Gasteiger partial charge in [0.05, 0.1) is 17.6 Å². The van der Waals surface area contributed by atoms with Gasteiger partial charge in [0, 0.05) is 12.3 Å². The normalized spacial score (nSPS) is 17.8. The van der Waals surface area contributed by atoms with Crippen LogP contribution in [0.5, 0.6) is 0 Å². The van der Waals surface area contributed by atoms with Crippen LogP contribution in [0.3, 0.4) is 0 Å². The van der Waals surface area contributed by atoms with Crippen molar-refractivity contribution in [3.8, 4) is 0 Å². The van der Waals surface area contributed by atoms with E-state index in [1.165, 1.54) is 11.0 Å². The monoisotopic (exact) mass is 341 g/mol. The highest BCUT2D eigenvalue weighted by Crippen LogP contribution is 2.30. The van der Waals surface area contributed by atoms with Crippen molar-refractivity contribution in [3.05, 3.63) is 40.1 Å². The van der Waals surface area contributed by atoms with Crippen molar-refractivity contribution < 1.29 is 13.2 Å². The van der Waals surface area contributed by atoms with Crippen molar-refractivity contribution in [1.82, 2.24) is 24.8 Å². The van der Waals surface area contributed by atoms with E-state index < -0.39 is 23.3 Å². The van der Waals surface area contributed by atoms with Gasteiger partial charge in [-0.05, 0) is 36.3 Å². The van der Waals surface area contributed by atoms with Crippen LogP contribution in [0.15, 0.2) is 23.1 Å². The molecule has 3 rings (SSSR count). The summed E-state index contributed by atoms with van der Waals surface area (Å²) in [5.74, 6) is 0.490. The van der Waals surface area contributed by atoms with Crippen LogP contribution in [-0.2, 0) is 6.18 Å². The summed E-state index contributed by atoms with van der Waals surface area (Å²) in [6.07, 6.45) is 1.92. The van der Waals surface area contributed by atoms with Crippen LogP contribution in [-0.4, -0.2) is 24.8 Å². The number of alkyl halides is 3. The summed E-state index contributed by atoms with van der Waals surface area (Å²) in [7, 11) is 0. The molecule has 1 unspecified atom stereocenters. The molecular weight excluding hydrogens is 323 g/mol. The number of nitrogens with zero attached hydrogens (tertiary/aromatic N) is 5. The number of hydrogen-bond donors (Lipinski definition) is 0. The fraction of sp³-hybridized carbons (Fsp3) is 0.600. The minimum atomic E-state index is -4.54. The van der Waals surface area contributed by atoms with Gasteiger partial charge in [0.2, 0.25) is 0 Å². The molecule has 1 aliphatic rings. The Morgan fingerprint density at radius 2 is 1.96 bits per heavy atom. The molecular formula is C15H18F3N5O. The van der Waals surface area contributed by atoms with E-state index in [2.05, 4.69) is 15.5 Å². The lowest BCUT2D eigenvalue weighted by Gasteiger charge is -2.24. The Kier molecular flexibility index (Phi) is 4.42. The predicted octanol–water partition coefficient (Wildman–Crippen LogP) is 2.97. The van der Waals surface area contributed by atoms with Gasteiger partial charge in [0.15, 0.2) is 5.82 Å². The zero-order valence-corrected chi connectivity index (χ0v) is 13.2. The fourth-order valence-corrected chi connectivity index (χ4v) is 3.17. The van der Waals surface area contributed by atoms with E-state index in [9.17, 15) is 18.0 Å². The molecule has 6 nitrogen and oxygen atoms in total. The number of pyridine rings is 1. The quantitative estimate of drug-likeness (QED) is 0.861. The second-order valence-electron chi connectivity index (χ2n) is 6.11. The number of tetrazole rings is 1. The second kappa shape index (κ2) is 6.37. The van der Waals surface area contributed by atoms with Gasteiger partial charge in [-0.1, -0.05) is 19.3 Å². The molecule has 0 N–H and O–H groups in total. The molecule has 130 valence electrons. The summed E-state index contributed by atoms with van der Waals surface area (Å²) in [6, 6.07) is 1.13. The number of aromatic nitrogens is 5. The first kappa shape index (κ1) is 16.7. The van der Waals surface area contributed by atoms with Gasteiger partial charge >= 0.3 is 6.18 Å². The molecule has 2 aromatic heterocycles. The zero-order valence-electron chi connectivity index (χ0n) is 13.2. The van der Waals surface area contributed by atoms with Crippen molar-refractivity contribution in [1.29, 1.82) is 0 Å². The van der Waals surface area contributed by atoms with Gasteiger partial charge in [-0.15, -0.1) is 5.10 Å². The topological polar surface area (TPSA) is 65.6 Å². The molecule has 9 heteroatoms. The van der Waals surface area contributed by atoms with E-state index in [1.54, 1.807) is 11.6 Å². The van der Waals surface area contributed by atoms with Crippen molar-refractivity contribution in [2.75, 3.05) is 0 Å². The number of rotatable bonds is 3. The maximum absolute atomic E-state index is 12.7. The molecule has 0 aliphatic heterocycles. The van der Waals surface area contributed by atoms with Crippen molar-refractivity contribution in [3.63, 3.8) is 0 Å². The maximum atomic E-state index is 12.7. The summed E-state index contributed by atoms with van der Waals surface area (Å²) >= 11 is 0. The van der Waals surface area contributed by atoms with Gasteiger partial charge in [0.1, 0.15) is 0 Å². The molecule has 2 aromatic rings. The molecule has 0 radical (unpaired) electrons. The Morgan fingerprint density at radius 3 is 2.58 bits per heavy atom. The molecule has 2 heterocycles. The van der Waals surface area contributed by atoms with E-state index in [0.717, 1.165) is 37.9 Å². The van der Waals surface area contributed by atoms with Gasteiger partial charge in [-0.25, -0.2) is 4.68 Å². The molecule has 0 amide bonds. The van der Waals surface area contributed by atoms with Crippen LogP contribution in [0, 0.1) is 0 Å². The van der Waals surface area contributed by atoms with E-state index in [4.69, 9.17) is 0 Å². The third-order valence-corrected chi connectivity index (χ3v) is 4.51. The van der Waals surface area contributed by atoms with Crippen LogP contribution in [0.1, 0.15) is 62.5 Å². The first-order valence-electron chi connectivity index (χ1n) is 7.95. The molecule has 0 bridgehead atoms. The van der Waals surface area contributed by atoms with Gasteiger partial charge in [0.25, 0.3) is 5.56 Å². The Bertz CT molecular complexity index is 761. The standard InChI is InChI=1S/C15H18F3N5O/c1-10(22-8-7-11(9-13(22)24)15(16,17)18)14-19-20-21-23(14)12-5-3-2-4-6-12/h7-10,12H,2-6H2,1H3. The van der Waals surface area contributed by atoms with E-state index >= 15 is 0 Å². The zero-order chi connectivity index (χ0) is 17.3. The molecule has 0 aromatic carbocycles. The van der Waals surface area contributed by atoms with Crippen LogP contribution in [0.4, 0.5) is 13.2 Å². The first-order chi connectivity index (χ1) is 11.4. The molecule has 1 fully saturated rings. The van der Waals surface area contributed by atoms with Crippen molar-refractivity contribution in [2.24, 2.45) is 0 Å². The average molecular weight is 341 g/mol. The summed E-state index contributed by atoms with van der Waals surface area (Å²) < 4.78 is 41.0. The molecule has 0 spiro atoms. The highest BCUT2D eigenvalue weighted by atomic mass is 19.4. The van der Waals surface area contributed by atoms with E-state index in [-0.39, 0.29) is 6.04 Å². The van der Waals surface area contributed by atoms with Crippen molar-refractivity contribution >= 4 is 0 Å². The number of hydrogen-bond acceptors (Lipinski definition) is 4. The van der Waals surface area contributed by atoms with Crippen LogP contribution >= 0.6 is 0 Å². The van der Waals surface area contributed by atoms with E-state index in [0.29, 0.717) is 11.9 Å². The third kappa shape index (κ3) is 3.20. The Balaban J connectivity index is 1.91. The lowest BCUT2D eigenvalue weighted by Crippen LogP contribution is -2.28. The minimum absolute atomic E-state index is 0.177. The van der Waals surface area contributed by atoms with Crippen LogP contribution in [0.25, 0.3) is 0 Å². The summed E-state index contributed by atoms with van der Waals surface area (Å²) in [5.41, 5.74) is -1.68. The Labute approximate surface area is 136 Å². The van der Waals surface area contributed by atoms with Crippen molar-refractivity contribution in [2.45, 2.75) is 57.3 Å². The average Bonchev–Trinajstić information content (AvgIpc) is 3.03. The Hall–Kier alpha value is -2.19. The largest absolute Gasteiger partial charge is 0.416 e. The first-order valence-corrected chi connectivity index (χ1v) is 7.95. The smallest absolute Gasteiger partial charge is 0.305 e. The maximum Gasteiger partial charge on any atom is 0.416 e. The molecule has 1 saturated carbocycles. The second-order valence-corrected chi connectivity index (χ2v) is 6.11. The Morgan fingerprint density at radius 1 is 1.25 bits per heavy atom. The predicted molar refractivity (Wildman–Crippen MR) is 79.5 cm³/mol. The van der Waals surface area contributed by atoms with Crippen LogP contribution in [0.2, 0.25) is 0 Å². The summed E-state index contributed by atoms with van der Waals surface area (Å²) in [4.78, 5) is 12.1. The fourth-order valence-electron chi connectivity index (χ4n) is 3.17. The third-order valence-electron chi connectivity index (χ3n) is 4.51. The molecule has 24 heavy (non-hydrogen) atoms. The molecule has 0 saturated heterocycles. The lowest BCUT2D eigenvalue weighted by atomic mass is 9.95. The summed E-state index contributed by atoms with van der Waals surface area (Å²) in [5, 5.41) is 11.7. The molecule has 1 aliphatic carbocycles. The lowest BCUT2D eigenvalue weighted by molar-refractivity contribution is -0.137. The van der Waals surface area contributed by atoms with E-state index in [1.807, 2.05) is 0 Å². The molecule has 1 atom stereocenters. The SMILES string of the molecule is CC(c1nnnn1C1CCCCC1)n1ccc(C(F)(F)F)cc1=O. The van der Waals surface area contributed by atoms with Gasteiger partial charge < -0.3 is 4.57 Å². The van der Waals surface area contributed by atoms with Gasteiger partial charge in [-0.3, -0.25) is 4.79 Å². The highest BCUT2D eigenvalue weighted by molar-refractivity contribution is 5.16. The minimum Gasteiger partial charge on any atom is -0.305 e. The number of halogens is 3. The highest BCUT2D eigenvalue weighted by Gasteiger charge is 2.31. The van der Waals surface area contributed by atoms with Gasteiger partial charge in [-0.2, -0.15) is 13.2 Å². The summed E-state index contributed by atoms with van der Waals surface area (Å²) in [6.45, 7) is 1.71. The van der Waals surface area contributed by atoms with Crippen LogP contribution < -0.4 is 5.56 Å².